The van der Waals surface area contributed by atoms with Crippen molar-refractivity contribution in [3.63, 3.8) is 0 Å². The minimum atomic E-state index is -1.15. The molecule has 0 aliphatic rings. The number of thiophene rings is 1. The quantitative estimate of drug-likeness (QED) is 0.618. The average molecular weight is 306 g/mol. The summed E-state index contributed by atoms with van der Waals surface area (Å²) < 4.78 is 41.2. The highest BCUT2D eigenvalue weighted by Crippen LogP contribution is 2.29. The number of ketones is 1. The van der Waals surface area contributed by atoms with Crippen molar-refractivity contribution in [1.82, 2.24) is 0 Å². The Balaban J connectivity index is 2.10. The van der Waals surface area contributed by atoms with Crippen molar-refractivity contribution in [3.8, 4) is 0 Å². The van der Waals surface area contributed by atoms with Crippen LogP contribution >= 0.6 is 11.3 Å². The van der Waals surface area contributed by atoms with E-state index in [0.29, 0.717) is 10.1 Å². The van der Waals surface area contributed by atoms with E-state index < -0.39 is 23.2 Å². The SMILES string of the molecule is Cc1ccc(C(=O)c2cc3ccc(F)cc3s2)c(F)c1F. The highest BCUT2D eigenvalue weighted by atomic mass is 32.1. The Hall–Kier alpha value is -2.14. The van der Waals surface area contributed by atoms with E-state index in [9.17, 15) is 18.0 Å². The molecule has 0 spiro atoms. The molecule has 0 fully saturated rings. The normalized spacial score (nSPS) is 11.0. The Bertz CT molecular complexity index is 867. The smallest absolute Gasteiger partial charge is 0.206 e. The van der Waals surface area contributed by atoms with Gasteiger partial charge in [0.1, 0.15) is 5.82 Å². The predicted molar refractivity (Wildman–Crippen MR) is 76.3 cm³/mol. The zero-order chi connectivity index (χ0) is 15.1. The maximum absolute atomic E-state index is 13.9. The van der Waals surface area contributed by atoms with Crippen molar-refractivity contribution < 1.29 is 18.0 Å². The molecule has 0 bridgehead atoms. The molecule has 2 aromatic carbocycles. The first-order chi connectivity index (χ1) is 9.97. The molecule has 0 amide bonds. The molecule has 0 saturated heterocycles. The molecule has 106 valence electrons. The largest absolute Gasteiger partial charge is 0.288 e. The third-order valence-corrected chi connectivity index (χ3v) is 4.32. The van der Waals surface area contributed by atoms with E-state index >= 15 is 0 Å². The molecule has 0 aliphatic heterocycles. The first-order valence-electron chi connectivity index (χ1n) is 6.16. The Morgan fingerprint density at radius 3 is 2.52 bits per heavy atom. The van der Waals surface area contributed by atoms with E-state index in [1.165, 1.54) is 31.2 Å². The summed E-state index contributed by atoms with van der Waals surface area (Å²) in [4.78, 5) is 12.5. The summed E-state index contributed by atoms with van der Waals surface area (Å²) in [6.07, 6.45) is 0. The monoisotopic (exact) mass is 306 g/mol. The molecule has 0 radical (unpaired) electrons. The van der Waals surface area contributed by atoms with Gasteiger partial charge in [0.05, 0.1) is 10.4 Å². The topological polar surface area (TPSA) is 17.1 Å². The lowest BCUT2D eigenvalue weighted by atomic mass is 10.1. The standard InChI is InChI=1S/C16H9F3OS/c1-8-2-5-11(15(19)14(8)18)16(20)13-6-9-3-4-10(17)7-12(9)21-13/h2-7H,1H3. The molecule has 5 heteroatoms. The molecular weight excluding hydrogens is 297 g/mol. The number of benzene rings is 2. The van der Waals surface area contributed by atoms with E-state index in [-0.39, 0.29) is 16.0 Å². The summed E-state index contributed by atoms with van der Waals surface area (Å²) in [6.45, 7) is 1.43. The van der Waals surface area contributed by atoms with Gasteiger partial charge in [-0.1, -0.05) is 12.1 Å². The van der Waals surface area contributed by atoms with Crippen LogP contribution in [0, 0.1) is 24.4 Å². The van der Waals surface area contributed by atoms with E-state index in [1.54, 1.807) is 12.1 Å². The molecule has 3 aromatic rings. The highest BCUT2D eigenvalue weighted by Gasteiger charge is 2.20. The molecule has 0 saturated carbocycles. The molecular formula is C16H9F3OS. The van der Waals surface area contributed by atoms with Gasteiger partial charge in [0.25, 0.3) is 0 Å². The second kappa shape index (κ2) is 5.00. The summed E-state index contributed by atoms with van der Waals surface area (Å²) in [5.74, 6) is -3.18. The number of carbonyl (C=O) groups is 1. The van der Waals surface area contributed by atoms with Crippen LogP contribution in [0.15, 0.2) is 36.4 Å². The number of rotatable bonds is 2. The average Bonchev–Trinajstić information content (AvgIpc) is 2.87. The van der Waals surface area contributed by atoms with Gasteiger partial charge in [-0.3, -0.25) is 4.79 Å². The predicted octanol–water partition coefficient (Wildman–Crippen LogP) is 4.86. The summed E-state index contributed by atoms with van der Waals surface area (Å²) in [7, 11) is 0. The Labute approximate surface area is 122 Å². The summed E-state index contributed by atoms with van der Waals surface area (Å²) in [5.41, 5.74) is -0.174. The summed E-state index contributed by atoms with van der Waals surface area (Å²) >= 11 is 1.05. The fourth-order valence-electron chi connectivity index (χ4n) is 2.07. The van der Waals surface area contributed by atoms with Crippen molar-refractivity contribution >= 4 is 27.2 Å². The van der Waals surface area contributed by atoms with Crippen LogP contribution in [0.3, 0.4) is 0 Å². The fourth-order valence-corrected chi connectivity index (χ4v) is 3.11. The van der Waals surface area contributed by atoms with Crippen LogP contribution in [0.25, 0.3) is 10.1 Å². The number of aryl methyl sites for hydroxylation is 1. The van der Waals surface area contributed by atoms with Crippen LogP contribution in [0.2, 0.25) is 0 Å². The van der Waals surface area contributed by atoms with Gasteiger partial charge in [0, 0.05) is 4.70 Å². The zero-order valence-electron chi connectivity index (χ0n) is 10.9. The van der Waals surface area contributed by atoms with Crippen molar-refractivity contribution in [3.05, 3.63) is 69.9 Å². The first kappa shape index (κ1) is 13.8. The van der Waals surface area contributed by atoms with E-state index in [0.717, 1.165) is 11.3 Å². The molecule has 1 heterocycles. The third-order valence-electron chi connectivity index (χ3n) is 3.23. The summed E-state index contributed by atoms with van der Waals surface area (Å²) in [6, 6.07) is 8.32. The van der Waals surface area contributed by atoms with Gasteiger partial charge in [-0.05, 0) is 42.1 Å². The van der Waals surface area contributed by atoms with Crippen LogP contribution in [-0.4, -0.2) is 5.78 Å². The molecule has 1 nitrogen and oxygen atoms in total. The highest BCUT2D eigenvalue weighted by molar-refractivity contribution is 7.21. The first-order valence-corrected chi connectivity index (χ1v) is 6.97. The van der Waals surface area contributed by atoms with Gasteiger partial charge < -0.3 is 0 Å². The Morgan fingerprint density at radius 2 is 1.76 bits per heavy atom. The number of hydrogen-bond donors (Lipinski definition) is 0. The van der Waals surface area contributed by atoms with Crippen LogP contribution in [0.4, 0.5) is 13.2 Å². The lowest BCUT2D eigenvalue weighted by Gasteiger charge is -2.03. The van der Waals surface area contributed by atoms with E-state index in [4.69, 9.17) is 0 Å². The van der Waals surface area contributed by atoms with Crippen molar-refractivity contribution in [2.45, 2.75) is 6.92 Å². The Kier molecular flexibility index (Phi) is 3.29. The van der Waals surface area contributed by atoms with Crippen molar-refractivity contribution in [1.29, 1.82) is 0 Å². The van der Waals surface area contributed by atoms with Gasteiger partial charge in [-0.2, -0.15) is 0 Å². The number of hydrogen-bond acceptors (Lipinski definition) is 2. The van der Waals surface area contributed by atoms with Crippen molar-refractivity contribution in [2.24, 2.45) is 0 Å². The van der Waals surface area contributed by atoms with Crippen molar-refractivity contribution in [2.75, 3.05) is 0 Å². The van der Waals surface area contributed by atoms with Crippen LogP contribution < -0.4 is 0 Å². The van der Waals surface area contributed by atoms with Gasteiger partial charge in [-0.25, -0.2) is 13.2 Å². The maximum atomic E-state index is 13.9. The van der Waals surface area contributed by atoms with Gasteiger partial charge >= 0.3 is 0 Å². The van der Waals surface area contributed by atoms with E-state index in [1.807, 2.05) is 0 Å². The lowest BCUT2D eigenvalue weighted by molar-refractivity contribution is 0.103. The molecule has 0 N–H and O–H groups in total. The molecule has 0 aliphatic carbocycles. The van der Waals surface area contributed by atoms with Crippen LogP contribution in [0.5, 0.6) is 0 Å². The minimum absolute atomic E-state index is 0.141. The Morgan fingerprint density at radius 1 is 1.00 bits per heavy atom. The van der Waals surface area contributed by atoms with Gasteiger partial charge in [-0.15, -0.1) is 11.3 Å². The molecule has 21 heavy (non-hydrogen) atoms. The summed E-state index contributed by atoms with van der Waals surface area (Å²) in [5, 5.41) is 0.692. The van der Waals surface area contributed by atoms with Gasteiger partial charge in [0.15, 0.2) is 11.6 Å². The van der Waals surface area contributed by atoms with Crippen LogP contribution in [-0.2, 0) is 0 Å². The third kappa shape index (κ3) is 2.34. The maximum Gasteiger partial charge on any atom is 0.206 e. The van der Waals surface area contributed by atoms with Gasteiger partial charge in [0.2, 0.25) is 5.78 Å². The second-order valence-corrected chi connectivity index (χ2v) is 5.76. The second-order valence-electron chi connectivity index (χ2n) is 4.68. The molecule has 1 aromatic heterocycles. The fraction of sp³-hybridized carbons (Fsp3) is 0.0625. The number of halogens is 3. The number of carbonyl (C=O) groups excluding carboxylic acids is 1. The molecule has 0 atom stereocenters. The lowest BCUT2D eigenvalue weighted by Crippen LogP contribution is -2.05. The molecule has 3 rings (SSSR count). The number of fused-ring (bicyclic) bond motifs is 1. The minimum Gasteiger partial charge on any atom is -0.288 e. The van der Waals surface area contributed by atoms with Crippen LogP contribution in [0.1, 0.15) is 20.8 Å². The molecule has 0 unspecified atom stereocenters. The zero-order valence-corrected chi connectivity index (χ0v) is 11.7. The van der Waals surface area contributed by atoms with E-state index in [2.05, 4.69) is 0 Å².